The number of ether oxygens (including phenoxy) is 14. The summed E-state index contributed by atoms with van der Waals surface area (Å²) in [6, 6.07) is 19.4. The maximum absolute atomic E-state index is 14.3. The van der Waals surface area contributed by atoms with Gasteiger partial charge in [0.15, 0.2) is 0 Å². The van der Waals surface area contributed by atoms with Gasteiger partial charge in [-0.2, -0.15) is 0 Å². The van der Waals surface area contributed by atoms with Crippen molar-refractivity contribution >= 4 is 23.8 Å². The van der Waals surface area contributed by atoms with Crippen LogP contribution in [-0.4, -0.2) is 194 Å². The summed E-state index contributed by atoms with van der Waals surface area (Å²) in [7, 11) is 0. The summed E-state index contributed by atoms with van der Waals surface area (Å²) in [5.74, 6) is -1.78. The van der Waals surface area contributed by atoms with Crippen LogP contribution in [0.25, 0.3) is 0 Å². The molecule has 0 saturated carbocycles. The highest BCUT2D eigenvalue weighted by molar-refractivity contribution is 6.02. The molecule has 0 saturated heterocycles. The molecule has 0 aliphatic heterocycles. The van der Waals surface area contributed by atoms with E-state index in [1.807, 2.05) is 60.7 Å². The Morgan fingerprint density at radius 3 is 1.01 bits per heavy atom. The van der Waals surface area contributed by atoms with Crippen molar-refractivity contribution in [2.45, 2.75) is 155 Å². The second-order valence-electron chi connectivity index (χ2n) is 20.9. The molecule has 494 valence electrons. The number of carboxylic acid groups (broad SMARTS) is 1. The lowest BCUT2D eigenvalue weighted by Gasteiger charge is -2.31. The van der Waals surface area contributed by atoms with Crippen molar-refractivity contribution in [3.8, 4) is 0 Å². The van der Waals surface area contributed by atoms with E-state index in [9.17, 15) is 19.2 Å². The number of nitrogens with one attached hydrogen (secondary N) is 1. The first-order valence-corrected chi connectivity index (χ1v) is 32.2. The standard InChI is InChI=1S/C66H111NO19/c1-2-3-4-5-6-8-11-14-23-31-66(65(72)86-59-61-27-20-17-21-28-61,32-24-15-12-9-7-10-13-22-29-63(70)85-58-60-25-18-16-19-26-60)64(71)67-33-35-74-37-39-76-41-43-78-45-47-80-49-51-82-53-55-84-57-56-83-54-52-81-50-48-79-46-44-77-42-40-75-38-36-73-34-30-62(68)69/h16-21,25-28H,2-15,22-24,29-59H2,1H3,(H,67,71)(H,68,69)/t66-/m1/s1. The third kappa shape index (κ3) is 47.8. The van der Waals surface area contributed by atoms with Crippen molar-refractivity contribution in [2.24, 2.45) is 5.41 Å². The van der Waals surface area contributed by atoms with Crippen LogP contribution in [0.3, 0.4) is 0 Å². The van der Waals surface area contributed by atoms with Crippen molar-refractivity contribution in [1.82, 2.24) is 5.32 Å². The van der Waals surface area contributed by atoms with Gasteiger partial charge in [0, 0.05) is 13.0 Å². The average Bonchev–Trinajstić information content (AvgIpc) is 2.79. The molecule has 20 nitrogen and oxygen atoms in total. The number of carbonyl (C=O) groups is 4. The molecule has 0 aliphatic rings. The first kappa shape index (κ1) is 77.9. The molecule has 0 bridgehead atoms. The van der Waals surface area contributed by atoms with Gasteiger partial charge < -0.3 is 76.7 Å². The van der Waals surface area contributed by atoms with Crippen molar-refractivity contribution < 1.29 is 90.6 Å². The lowest BCUT2D eigenvalue weighted by Crippen LogP contribution is -2.48. The summed E-state index contributed by atoms with van der Waals surface area (Å²) in [4.78, 5) is 51.2. The van der Waals surface area contributed by atoms with Gasteiger partial charge in [-0.3, -0.25) is 19.2 Å². The van der Waals surface area contributed by atoms with Crippen LogP contribution in [0.15, 0.2) is 60.7 Å². The van der Waals surface area contributed by atoms with Crippen LogP contribution in [0.5, 0.6) is 0 Å². The van der Waals surface area contributed by atoms with Gasteiger partial charge in [0.2, 0.25) is 5.91 Å². The van der Waals surface area contributed by atoms with Crippen LogP contribution in [-0.2, 0) is 98.7 Å². The Balaban J connectivity index is 1.53. The van der Waals surface area contributed by atoms with Gasteiger partial charge in [-0.1, -0.05) is 170 Å². The normalized spacial score (nSPS) is 12.1. The molecule has 0 radical (unpaired) electrons. The first-order chi connectivity index (χ1) is 42.4. The number of unbranched alkanes of at least 4 members (excludes halogenated alkanes) is 15. The zero-order chi connectivity index (χ0) is 61.6. The van der Waals surface area contributed by atoms with E-state index in [0.717, 1.165) is 88.2 Å². The summed E-state index contributed by atoms with van der Waals surface area (Å²) in [5, 5.41) is 11.6. The molecule has 20 heteroatoms. The van der Waals surface area contributed by atoms with Gasteiger partial charge in [0.05, 0.1) is 165 Å². The van der Waals surface area contributed by atoms with E-state index in [2.05, 4.69) is 12.2 Å². The Morgan fingerprint density at radius 2 is 0.663 bits per heavy atom. The predicted octanol–water partition coefficient (Wildman–Crippen LogP) is 10.1. The first-order valence-electron chi connectivity index (χ1n) is 32.2. The largest absolute Gasteiger partial charge is 0.481 e. The summed E-state index contributed by atoms with van der Waals surface area (Å²) < 4.78 is 77.6. The fraction of sp³-hybridized carbons (Fsp3) is 0.758. The molecule has 0 heterocycles. The Morgan fingerprint density at radius 1 is 0.360 bits per heavy atom. The third-order valence-electron chi connectivity index (χ3n) is 13.8. The number of carboxylic acids is 1. The van der Waals surface area contributed by atoms with Gasteiger partial charge in [0.1, 0.15) is 18.6 Å². The minimum atomic E-state index is -1.29. The molecular weight excluding hydrogens is 1110 g/mol. The van der Waals surface area contributed by atoms with Crippen LogP contribution in [0.2, 0.25) is 0 Å². The minimum absolute atomic E-state index is 0.0136. The highest BCUT2D eigenvalue weighted by Gasteiger charge is 2.46. The van der Waals surface area contributed by atoms with Crippen LogP contribution >= 0.6 is 0 Å². The number of amides is 1. The molecule has 0 fully saturated rings. The Bertz CT molecular complexity index is 1830. The van der Waals surface area contributed by atoms with Gasteiger partial charge in [0.25, 0.3) is 0 Å². The second-order valence-corrected chi connectivity index (χ2v) is 20.9. The fourth-order valence-electron chi connectivity index (χ4n) is 8.90. The van der Waals surface area contributed by atoms with E-state index >= 15 is 0 Å². The second kappa shape index (κ2) is 59.8. The lowest BCUT2D eigenvalue weighted by molar-refractivity contribution is -0.164. The van der Waals surface area contributed by atoms with E-state index < -0.39 is 17.4 Å². The van der Waals surface area contributed by atoms with Crippen molar-refractivity contribution in [2.75, 3.05) is 165 Å². The molecule has 0 spiro atoms. The van der Waals surface area contributed by atoms with E-state index in [4.69, 9.17) is 71.4 Å². The molecule has 2 aromatic carbocycles. The summed E-state index contributed by atoms with van der Waals surface area (Å²) in [6.45, 7) is 13.0. The molecule has 0 aromatic heterocycles. The SMILES string of the molecule is CCCCCCCCCCC[C@@](CCCCCCCCCCC(=O)OCc1ccccc1)(C(=O)NCCOCCOCCOCCOCCOCCOCCOCCOCCOCCOCCOCCOCCC(=O)O)C(=O)OCc1ccccc1. The quantitative estimate of drug-likeness (QED) is 0.0356. The lowest BCUT2D eigenvalue weighted by atomic mass is 9.76. The van der Waals surface area contributed by atoms with Gasteiger partial charge in [-0.05, 0) is 30.4 Å². The Kier molecular flexibility index (Phi) is 54.2. The molecule has 86 heavy (non-hydrogen) atoms. The highest BCUT2D eigenvalue weighted by atomic mass is 16.6. The summed E-state index contributed by atoms with van der Waals surface area (Å²) in [6.07, 6.45) is 19.2. The maximum atomic E-state index is 14.3. The van der Waals surface area contributed by atoms with Crippen LogP contribution in [0.4, 0.5) is 0 Å². The Hall–Kier alpha value is -4.16. The summed E-state index contributed by atoms with van der Waals surface area (Å²) in [5.41, 5.74) is 0.583. The van der Waals surface area contributed by atoms with Crippen molar-refractivity contribution in [3.05, 3.63) is 71.8 Å². The Labute approximate surface area is 515 Å². The number of hydrogen-bond acceptors (Lipinski definition) is 18. The minimum Gasteiger partial charge on any atom is -0.481 e. The van der Waals surface area contributed by atoms with Gasteiger partial charge in [-0.15, -0.1) is 0 Å². The van der Waals surface area contributed by atoms with Crippen LogP contribution in [0, 0.1) is 5.41 Å². The van der Waals surface area contributed by atoms with E-state index in [-0.39, 0.29) is 44.7 Å². The number of carbonyl (C=O) groups excluding carboxylic acids is 3. The van der Waals surface area contributed by atoms with Gasteiger partial charge in [-0.25, -0.2) is 0 Å². The average molecular weight is 1220 g/mol. The van der Waals surface area contributed by atoms with Crippen LogP contribution < -0.4 is 5.32 Å². The fourth-order valence-corrected chi connectivity index (χ4v) is 8.90. The van der Waals surface area contributed by atoms with E-state index in [0.29, 0.717) is 171 Å². The molecule has 0 aliphatic carbocycles. The zero-order valence-corrected chi connectivity index (χ0v) is 52.5. The molecule has 1 atom stereocenters. The highest BCUT2D eigenvalue weighted by Crippen LogP contribution is 2.35. The number of esters is 2. The maximum Gasteiger partial charge on any atom is 0.321 e. The molecule has 2 N–H and O–H groups in total. The third-order valence-corrected chi connectivity index (χ3v) is 13.8. The monoisotopic (exact) mass is 1220 g/mol. The van der Waals surface area contributed by atoms with E-state index in [1.165, 1.54) is 32.1 Å². The van der Waals surface area contributed by atoms with Crippen molar-refractivity contribution in [3.63, 3.8) is 0 Å². The zero-order valence-electron chi connectivity index (χ0n) is 52.5. The van der Waals surface area contributed by atoms with Gasteiger partial charge >= 0.3 is 17.9 Å². The van der Waals surface area contributed by atoms with E-state index in [1.54, 1.807) is 0 Å². The smallest absolute Gasteiger partial charge is 0.321 e. The number of benzene rings is 2. The topological polar surface area (TPSA) is 230 Å². The molecule has 1 amide bonds. The molecular formula is C66H111NO19. The molecule has 0 unspecified atom stereocenters. The van der Waals surface area contributed by atoms with Crippen molar-refractivity contribution in [1.29, 1.82) is 0 Å². The predicted molar refractivity (Wildman–Crippen MR) is 328 cm³/mol. The van der Waals surface area contributed by atoms with Crippen LogP contribution in [0.1, 0.15) is 153 Å². The summed E-state index contributed by atoms with van der Waals surface area (Å²) >= 11 is 0. The number of hydrogen-bond donors (Lipinski definition) is 2. The number of rotatable bonds is 66. The number of aliphatic carboxylic acids is 1. The molecule has 2 rings (SSSR count). The molecule has 2 aromatic rings.